The Morgan fingerprint density at radius 3 is 2.89 bits per heavy atom. The van der Waals surface area contributed by atoms with Crippen molar-refractivity contribution in [1.29, 1.82) is 0 Å². The average molecular weight is 290 g/mol. The van der Waals surface area contributed by atoms with Crippen molar-refractivity contribution in [2.45, 2.75) is 25.8 Å². The van der Waals surface area contributed by atoms with Crippen molar-refractivity contribution in [2.24, 2.45) is 0 Å². The Hall–Kier alpha value is -0.700. The van der Waals surface area contributed by atoms with Crippen LogP contribution >= 0.6 is 0 Å². The van der Waals surface area contributed by atoms with Crippen LogP contribution in [0.25, 0.3) is 0 Å². The average Bonchev–Trinajstić information content (AvgIpc) is 2.39. The molecule has 0 spiro atoms. The molecule has 0 bridgehead atoms. The van der Waals surface area contributed by atoms with Crippen molar-refractivity contribution in [3.63, 3.8) is 0 Å². The van der Waals surface area contributed by atoms with Crippen molar-refractivity contribution in [2.75, 3.05) is 39.3 Å². The van der Waals surface area contributed by atoms with Gasteiger partial charge in [-0.2, -0.15) is 12.7 Å². The highest BCUT2D eigenvalue weighted by Gasteiger charge is 2.33. The van der Waals surface area contributed by atoms with Crippen LogP contribution in [0, 0.1) is 0 Å². The summed E-state index contributed by atoms with van der Waals surface area (Å²) in [6.45, 7) is 4.89. The zero-order valence-corrected chi connectivity index (χ0v) is 12.1. The fourth-order valence-corrected chi connectivity index (χ4v) is 3.96. The first-order valence-electron chi connectivity index (χ1n) is 6.79. The van der Waals surface area contributed by atoms with Crippen LogP contribution in [0.4, 0.5) is 0 Å². The van der Waals surface area contributed by atoms with Gasteiger partial charge < -0.3 is 10.2 Å². The number of carbonyl (C=O) groups is 1. The van der Waals surface area contributed by atoms with Gasteiger partial charge in [0.2, 0.25) is 5.91 Å². The van der Waals surface area contributed by atoms with E-state index in [2.05, 4.69) is 10.0 Å². The summed E-state index contributed by atoms with van der Waals surface area (Å²) in [6.07, 6.45) is 1.68. The summed E-state index contributed by atoms with van der Waals surface area (Å²) in [5.74, 6) is 0.0685. The number of amides is 1. The molecule has 0 aliphatic carbocycles. The maximum Gasteiger partial charge on any atom is 0.279 e. The molecule has 0 aromatic heterocycles. The SMILES string of the molecule is CCNS(=O)(=O)N1CCCC(N2CCNCC2=O)C1. The van der Waals surface area contributed by atoms with E-state index in [1.807, 2.05) is 4.90 Å². The van der Waals surface area contributed by atoms with E-state index >= 15 is 0 Å². The lowest BCUT2D eigenvalue weighted by molar-refractivity contribution is -0.135. The number of hydrogen-bond donors (Lipinski definition) is 2. The number of nitrogens with one attached hydrogen (secondary N) is 2. The molecule has 2 aliphatic rings. The molecule has 0 saturated carbocycles. The molecule has 1 amide bonds. The predicted octanol–water partition coefficient (Wildman–Crippen LogP) is -1.26. The highest BCUT2D eigenvalue weighted by atomic mass is 32.2. The molecule has 0 radical (unpaired) electrons. The van der Waals surface area contributed by atoms with Gasteiger partial charge in [0.15, 0.2) is 0 Å². The predicted molar refractivity (Wildman–Crippen MR) is 71.8 cm³/mol. The van der Waals surface area contributed by atoms with E-state index < -0.39 is 10.2 Å². The van der Waals surface area contributed by atoms with Crippen molar-refractivity contribution in [1.82, 2.24) is 19.2 Å². The van der Waals surface area contributed by atoms with Crippen molar-refractivity contribution in [3.8, 4) is 0 Å². The molecular weight excluding hydrogens is 268 g/mol. The Bertz CT molecular complexity index is 426. The lowest BCUT2D eigenvalue weighted by Gasteiger charge is -2.40. The number of hydrogen-bond acceptors (Lipinski definition) is 4. The van der Waals surface area contributed by atoms with Crippen LogP contribution in [-0.2, 0) is 15.0 Å². The van der Waals surface area contributed by atoms with Gasteiger partial charge in [-0.15, -0.1) is 0 Å². The molecule has 2 heterocycles. The summed E-state index contributed by atoms with van der Waals surface area (Å²) in [7, 11) is -3.39. The van der Waals surface area contributed by atoms with Crippen LogP contribution in [0.3, 0.4) is 0 Å². The fraction of sp³-hybridized carbons (Fsp3) is 0.909. The summed E-state index contributed by atoms with van der Waals surface area (Å²) >= 11 is 0. The van der Waals surface area contributed by atoms with Gasteiger partial charge in [-0.25, -0.2) is 4.72 Å². The van der Waals surface area contributed by atoms with E-state index in [9.17, 15) is 13.2 Å². The Morgan fingerprint density at radius 1 is 1.42 bits per heavy atom. The van der Waals surface area contributed by atoms with Gasteiger partial charge in [0.05, 0.1) is 6.54 Å². The number of rotatable bonds is 4. The molecule has 2 rings (SSSR count). The molecule has 19 heavy (non-hydrogen) atoms. The number of nitrogens with zero attached hydrogens (tertiary/aromatic N) is 2. The summed E-state index contributed by atoms with van der Waals surface area (Å²) in [5.41, 5.74) is 0. The van der Waals surface area contributed by atoms with Crippen molar-refractivity contribution < 1.29 is 13.2 Å². The van der Waals surface area contributed by atoms with E-state index in [-0.39, 0.29) is 11.9 Å². The van der Waals surface area contributed by atoms with E-state index in [1.54, 1.807) is 6.92 Å². The third-order valence-corrected chi connectivity index (χ3v) is 5.26. The second-order valence-corrected chi connectivity index (χ2v) is 6.68. The van der Waals surface area contributed by atoms with Gasteiger partial charge in [0.25, 0.3) is 10.2 Å². The van der Waals surface area contributed by atoms with E-state index in [0.717, 1.165) is 19.4 Å². The zero-order valence-electron chi connectivity index (χ0n) is 11.3. The molecule has 1 unspecified atom stereocenters. The van der Waals surface area contributed by atoms with Crippen LogP contribution in [0.15, 0.2) is 0 Å². The third kappa shape index (κ3) is 3.44. The minimum absolute atomic E-state index is 0.0109. The lowest BCUT2D eigenvalue weighted by Crippen LogP contribution is -2.58. The third-order valence-electron chi connectivity index (χ3n) is 3.59. The first-order chi connectivity index (χ1) is 9.04. The van der Waals surface area contributed by atoms with Crippen LogP contribution in [0.1, 0.15) is 19.8 Å². The maximum absolute atomic E-state index is 12.0. The molecule has 8 heteroatoms. The molecular formula is C11H22N4O3S. The molecule has 110 valence electrons. The van der Waals surface area contributed by atoms with Crippen molar-refractivity contribution >= 4 is 16.1 Å². The van der Waals surface area contributed by atoms with Gasteiger partial charge in [0.1, 0.15) is 0 Å². The topological polar surface area (TPSA) is 81.8 Å². The minimum atomic E-state index is -3.39. The second-order valence-electron chi connectivity index (χ2n) is 4.92. The number of carbonyl (C=O) groups excluding carboxylic acids is 1. The molecule has 2 saturated heterocycles. The maximum atomic E-state index is 12.0. The van der Waals surface area contributed by atoms with E-state index in [1.165, 1.54) is 4.31 Å². The lowest BCUT2D eigenvalue weighted by atomic mass is 10.1. The van der Waals surface area contributed by atoms with E-state index in [0.29, 0.717) is 32.7 Å². The summed E-state index contributed by atoms with van der Waals surface area (Å²) < 4.78 is 28.0. The van der Waals surface area contributed by atoms with Crippen LogP contribution in [-0.4, -0.2) is 68.8 Å². The Balaban J connectivity index is 2.02. The van der Waals surface area contributed by atoms with Gasteiger partial charge in [-0.3, -0.25) is 4.79 Å². The molecule has 2 aliphatic heterocycles. The van der Waals surface area contributed by atoms with Crippen LogP contribution < -0.4 is 10.0 Å². The number of piperidine rings is 1. The second kappa shape index (κ2) is 6.17. The number of piperazine rings is 1. The molecule has 2 fully saturated rings. The standard InChI is InChI=1S/C11H22N4O3S/c1-2-13-19(17,18)14-6-3-4-10(9-14)15-7-5-12-8-11(15)16/h10,12-13H,2-9H2,1H3. The smallest absolute Gasteiger partial charge is 0.279 e. The quantitative estimate of drug-likeness (QED) is 0.677. The van der Waals surface area contributed by atoms with Gasteiger partial charge in [-0.05, 0) is 12.8 Å². The Morgan fingerprint density at radius 2 is 2.21 bits per heavy atom. The molecule has 2 N–H and O–H groups in total. The van der Waals surface area contributed by atoms with Gasteiger partial charge in [-0.1, -0.05) is 6.92 Å². The Kier molecular flexibility index (Phi) is 4.77. The zero-order chi connectivity index (χ0) is 13.9. The van der Waals surface area contributed by atoms with Crippen LogP contribution in [0.5, 0.6) is 0 Å². The summed E-state index contributed by atoms with van der Waals surface area (Å²) in [4.78, 5) is 13.7. The highest BCUT2D eigenvalue weighted by Crippen LogP contribution is 2.18. The van der Waals surface area contributed by atoms with Gasteiger partial charge in [0, 0.05) is 38.8 Å². The largest absolute Gasteiger partial charge is 0.336 e. The first kappa shape index (κ1) is 14.7. The molecule has 0 aromatic carbocycles. The van der Waals surface area contributed by atoms with E-state index in [4.69, 9.17) is 0 Å². The van der Waals surface area contributed by atoms with Crippen LogP contribution in [0.2, 0.25) is 0 Å². The van der Waals surface area contributed by atoms with Gasteiger partial charge >= 0.3 is 0 Å². The minimum Gasteiger partial charge on any atom is -0.336 e. The van der Waals surface area contributed by atoms with Crippen molar-refractivity contribution in [3.05, 3.63) is 0 Å². The fourth-order valence-electron chi connectivity index (χ4n) is 2.67. The Labute approximate surface area is 114 Å². The molecule has 7 nitrogen and oxygen atoms in total. The normalized spacial score (nSPS) is 26.7. The first-order valence-corrected chi connectivity index (χ1v) is 8.23. The molecule has 1 atom stereocenters. The highest BCUT2D eigenvalue weighted by molar-refractivity contribution is 7.87. The molecule has 0 aromatic rings. The monoisotopic (exact) mass is 290 g/mol. The summed E-state index contributed by atoms with van der Waals surface area (Å²) in [6, 6.07) is 0.0109. The summed E-state index contributed by atoms with van der Waals surface area (Å²) in [5, 5.41) is 3.03.